The normalized spacial score (nSPS) is 12.5. The van der Waals surface area contributed by atoms with Crippen LogP contribution in [-0.4, -0.2) is 45.7 Å². The molecular formula is C24H23ClN2O6S. The zero-order valence-electron chi connectivity index (χ0n) is 17.9. The zero-order chi connectivity index (χ0) is 24.7. The summed E-state index contributed by atoms with van der Waals surface area (Å²) in [5.41, 5.74) is 1.41. The maximum absolute atomic E-state index is 12.6. The number of phenols is 1. The minimum Gasteiger partial charge on any atom is -0.508 e. The predicted molar refractivity (Wildman–Crippen MR) is 128 cm³/mol. The lowest BCUT2D eigenvalue weighted by atomic mass is 10.00. The molecule has 3 rings (SSSR count). The summed E-state index contributed by atoms with van der Waals surface area (Å²) in [5, 5.41) is 36.1. The molecule has 178 valence electrons. The molecule has 2 unspecified atom stereocenters. The average molecular weight is 503 g/mol. The molecule has 2 aromatic carbocycles. The predicted octanol–water partition coefficient (Wildman–Crippen LogP) is 3.39. The third-order valence-electron chi connectivity index (χ3n) is 5.05. The van der Waals surface area contributed by atoms with Crippen molar-refractivity contribution in [3.8, 4) is 5.75 Å². The second-order valence-corrected chi connectivity index (χ2v) is 8.87. The third-order valence-corrected chi connectivity index (χ3v) is 6.24. The average Bonchev–Trinajstić information content (AvgIpc) is 3.34. The van der Waals surface area contributed by atoms with Gasteiger partial charge in [0.2, 0.25) is 0 Å². The van der Waals surface area contributed by atoms with Crippen molar-refractivity contribution in [1.29, 1.82) is 0 Å². The molecule has 2 amide bonds. The fourth-order valence-electron chi connectivity index (χ4n) is 3.23. The van der Waals surface area contributed by atoms with Crippen LogP contribution in [0.4, 0.5) is 0 Å². The van der Waals surface area contributed by atoms with Gasteiger partial charge in [0.05, 0.1) is 21.6 Å². The quantitative estimate of drug-likeness (QED) is 0.288. The zero-order valence-corrected chi connectivity index (χ0v) is 19.5. The molecule has 3 aromatic rings. The van der Waals surface area contributed by atoms with Crippen molar-refractivity contribution in [2.24, 2.45) is 0 Å². The second kappa shape index (κ2) is 11.6. The highest BCUT2D eigenvalue weighted by atomic mass is 35.5. The number of aliphatic hydroxyl groups excluding tert-OH is 1. The van der Waals surface area contributed by atoms with E-state index in [9.17, 15) is 29.7 Å². The smallest absolute Gasteiger partial charge is 0.328 e. The van der Waals surface area contributed by atoms with Gasteiger partial charge in [0, 0.05) is 6.54 Å². The lowest BCUT2D eigenvalue weighted by Crippen LogP contribution is -2.48. The number of hydrogen-bond acceptors (Lipinski definition) is 6. The summed E-state index contributed by atoms with van der Waals surface area (Å²) in [6.45, 7) is -0.304. The van der Waals surface area contributed by atoms with Crippen molar-refractivity contribution < 1.29 is 29.7 Å². The first-order valence-corrected chi connectivity index (χ1v) is 11.6. The Morgan fingerprint density at radius 2 is 1.82 bits per heavy atom. The molecule has 8 nitrogen and oxygen atoms in total. The Labute approximate surface area is 204 Å². The van der Waals surface area contributed by atoms with Gasteiger partial charge in [-0.2, -0.15) is 0 Å². The summed E-state index contributed by atoms with van der Waals surface area (Å²) in [7, 11) is 0. The number of amides is 2. The lowest BCUT2D eigenvalue weighted by Gasteiger charge is -2.17. The van der Waals surface area contributed by atoms with Crippen molar-refractivity contribution in [2.45, 2.75) is 25.0 Å². The summed E-state index contributed by atoms with van der Waals surface area (Å²) in [5.74, 6) is -2.31. The van der Waals surface area contributed by atoms with E-state index in [0.29, 0.717) is 23.3 Å². The van der Waals surface area contributed by atoms with Crippen LogP contribution in [0.3, 0.4) is 0 Å². The Morgan fingerprint density at radius 3 is 2.47 bits per heavy atom. The summed E-state index contributed by atoms with van der Waals surface area (Å²) < 4.78 is 0. The number of rotatable bonds is 10. The van der Waals surface area contributed by atoms with Gasteiger partial charge < -0.3 is 26.0 Å². The summed E-state index contributed by atoms with van der Waals surface area (Å²) in [6, 6.07) is 13.1. The molecule has 0 radical (unpaired) electrons. The highest BCUT2D eigenvalue weighted by molar-refractivity contribution is 7.12. The Kier molecular flexibility index (Phi) is 8.64. The molecule has 0 saturated carbocycles. The lowest BCUT2D eigenvalue weighted by molar-refractivity contribution is -0.139. The van der Waals surface area contributed by atoms with Crippen molar-refractivity contribution in [2.75, 3.05) is 6.54 Å². The highest BCUT2D eigenvalue weighted by Gasteiger charge is 2.23. The van der Waals surface area contributed by atoms with Crippen LogP contribution < -0.4 is 10.6 Å². The van der Waals surface area contributed by atoms with Crippen LogP contribution in [0.1, 0.15) is 43.7 Å². The monoisotopic (exact) mass is 502 g/mol. The van der Waals surface area contributed by atoms with Gasteiger partial charge in [-0.15, -0.1) is 11.3 Å². The van der Waals surface area contributed by atoms with Crippen molar-refractivity contribution in [3.05, 3.63) is 86.6 Å². The van der Waals surface area contributed by atoms with Gasteiger partial charge in [0.25, 0.3) is 11.8 Å². The number of nitrogens with one attached hydrogen (secondary N) is 2. The van der Waals surface area contributed by atoms with Crippen molar-refractivity contribution >= 4 is 40.7 Å². The van der Waals surface area contributed by atoms with Crippen LogP contribution >= 0.6 is 22.9 Å². The number of carboxylic acid groups (broad SMARTS) is 1. The molecule has 0 aliphatic heterocycles. The maximum atomic E-state index is 12.6. The van der Waals surface area contributed by atoms with Gasteiger partial charge in [-0.05, 0) is 59.7 Å². The highest BCUT2D eigenvalue weighted by Crippen LogP contribution is 2.25. The van der Waals surface area contributed by atoms with Crippen molar-refractivity contribution in [1.82, 2.24) is 10.6 Å². The Hall–Kier alpha value is -3.40. The minimum atomic E-state index is -1.36. The minimum absolute atomic E-state index is 0.0430. The molecule has 0 fully saturated rings. The number of hydrogen-bond donors (Lipinski definition) is 5. The standard InChI is InChI=1S/C24H23ClN2O6S/c25-18-12-15(20(29)9-6-14-3-1-4-16(28)11-14)7-8-17(18)22(30)27-19(24(32)33)13-26-23(31)21-5-2-10-34-21/h1-5,7-8,10-12,19-20,28-29H,6,9,13H2,(H,26,31)(H,27,30)(H,32,33). The van der Waals surface area contributed by atoms with E-state index in [-0.39, 0.29) is 22.9 Å². The van der Waals surface area contributed by atoms with Crippen LogP contribution in [0.5, 0.6) is 5.75 Å². The van der Waals surface area contributed by atoms with E-state index < -0.39 is 29.9 Å². The number of halogens is 1. The number of aliphatic hydroxyl groups is 1. The first kappa shape index (κ1) is 25.2. The van der Waals surface area contributed by atoms with E-state index in [0.717, 1.165) is 5.56 Å². The SMILES string of the molecule is O=C(NCC(NC(=O)c1ccc(C(O)CCc2cccc(O)c2)cc1Cl)C(=O)O)c1cccs1. The molecule has 0 bridgehead atoms. The summed E-state index contributed by atoms with van der Waals surface area (Å²) in [6.07, 6.45) is 0.0414. The van der Waals surface area contributed by atoms with Gasteiger partial charge in [-0.1, -0.05) is 35.9 Å². The number of carboxylic acids is 1. The van der Waals surface area contributed by atoms with Crippen molar-refractivity contribution in [3.63, 3.8) is 0 Å². The number of aryl methyl sites for hydroxylation is 1. The van der Waals surface area contributed by atoms with E-state index in [4.69, 9.17) is 11.6 Å². The van der Waals surface area contributed by atoms with E-state index in [1.807, 2.05) is 6.07 Å². The van der Waals surface area contributed by atoms with E-state index in [2.05, 4.69) is 10.6 Å². The number of aromatic hydroxyl groups is 1. The molecule has 34 heavy (non-hydrogen) atoms. The molecule has 0 spiro atoms. The topological polar surface area (TPSA) is 136 Å². The summed E-state index contributed by atoms with van der Waals surface area (Å²) in [4.78, 5) is 36.6. The molecule has 10 heteroatoms. The van der Waals surface area contributed by atoms with E-state index in [1.165, 1.54) is 23.5 Å². The maximum Gasteiger partial charge on any atom is 0.328 e. The Morgan fingerprint density at radius 1 is 1.03 bits per heavy atom. The third kappa shape index (κ3) is 6.80. The number of aliphatic carboxylic acids is 1. The molecule has 5 N–H and O–H groups in total. The number of carbonyl (C=O) groups excluding carboxylic acids is 2. The Balaban J connectivity index is 1.60. The molecule has 1 heterocycles. The van der Waals surface area contributed by atoms with E-state index in [1.54, 1.807) is 41.8 Å². The van der Waals surface area contributed by atoms with Gasteiger partial charge in [-0.3, -0.25) is 9.59 Å². The number of benzene rings is 2. The molecule has 1 aromatic heterocycles. The van der Waals surface area contributed by atoms with Crippen LogP contribution in [0.25, 0.3) is 0 Å². The molecule has 0 aliphatic carbocycles. The van der Waals surface area contributed by atoms with Gasteiger partial charge >= 0.3 is 5.97 Å². The molecular weight excluding hydrogens is 480 g/mol. The summed E-state index contributed by atoms with van der Waals surface area (Å²) >= 11 is 7.46. The van der Waals surface area contributed by atoms with Gasteiger partial charge in [-0.25, -0.2) is 4.79 Å². The molecule has 0 saturated heterocycles. The van der Waals surface area contributed by atoms with Crippen LogP contribution in [0.2, 0.25) is 5.02 Å². The number of carbonyl (C=O) groups is 3. The van der Waals surface area contributed by atoms with Gasteiger partial charge in [0.15, 0.2) is 0 Å². The first-order chi connectivity index (χ1) is 16.2. The van der Waals surface area contributed by atoms with Crippen LogP contribution in [0.15, 0.2) is 60.0 Å². The molecule has 2 atom stereocenters. The van der Waals surface area contributed by atoms with Crippen LogP contribution in [0, 0.1) is 0 Å². The van der Waals surface area contributed by atoms with E-state index >= 15 is 0 Å². The fourth-order valence-corrected chi connectivity index (χ4v) is 4.15. The van der Waals surface area contributed by atoms with Crippen LogP contribution in [-0.2, 0) is 11.2 Å². The molecule has 0 aliphatic rings. The fraction of sp³-hybridized carbons (Fsp3) is 0.208. The largest absolute Gasteiger partial charge is 0.508 e. The Bertz CT molecular complexity index is 1170. The van der Waals surface area contributed by atoms with Gasteiger partial charge in [0.1, 0.15) is 11.8 Å². The second-order valence-electron chi connectivity index (χ2n) is 7.52. The number of phenolic OH excluding ortho intramolecular Hbond substituents is 1. The number of thiophene rings is 1. The first-order valence-electron chi connectivity index (χ1n) is 10.4.